The lowest BCUT2D eigenvalue weighted by Gasteiger charge is -2.11. The van der Waals surface area contributed by atoms with Crippen molar-refractivity contribution in [3.8, 4) is 22.5 Å². The van der Waals surface area contributed by atoms with E-state index in [1.165, 1.54) is 6.07 Å². The van der Waals surface area contributed by atoms with Crippen LogP contribution in [-0.2, 0) is 0 Å². The van der Waals surface area contributed by atoms with E-state index in [-0.39, 0.29) is 5.52 Å². The number of fused-ring (bicyclic) bond motifs is 1. The van der Waals surface area contributed by atoms with Crippen molar-refractivity contribution in [2.75, 3.05) is 12.4 Å². The van der Waals surface area contributed by atoms with Gasteiger partial charge in [0, 0.05) is 41.0 Å². The Bertz CT molecular complexity index is 1100. The molecule has 4 aromatic rings. The summed E-state index contributed by atoms with van der Waals surface area (Å²) in [5.41, 5.74) is 2.41. The molecule has 6 heteroatoms. The number of benzene rings is 2. The number of halogens is 2. The minimum absolute atomic E-state index is 0.249. The molecule has 0 saturated heterocycles. The van der Waals surface area contributed by atoms with Crippen LogP contribution in [-0.4, -0.2) is 22.0 Å². The van der Waals surface area contributed by atoms with E-state index in [4.69, 9.17) is 11.6 Å². The van der Waals surface area contributed by atoms with Gasteiger partial charge in [-0.3, -0.25) is 4.98 Å². The van der Waals surface area contributed by atoms with Gasteiger partial charge in [0.1, 0.15) is 17.2 Å². The third-order valence-corrected chi connectivity index (χ3v) is 4.42. The second kappa shape index (κ2) is 6.69. The number of pyridine rings is 1. The molecular weight excluding hydrogens is 351 g/mol. The van der Waals surface area contributed by atoms with E-state index >= 15 is 0 Å². The molecule has 128 valence electrons. The number of nitrogens with one attached hydrogen (secondary N) is 1. The third-order valence-electron chi connectivity index (χ3n) is 4.10. The maximum Gasteiger partial charge on any atom is 0.163 e. The highest BCUT2D eigenvalue weighted by molar-refractivity contribution is 6.33. The first-order chi connectivity index (χ1) is 12.7. The standard InChI is InChI=1S/C20H14ClFN4/c1-23-20-15-9-13(14-6-2-3-7-16(14)21)10-17(22)18(15)25-19(26-20)12-5-4-8-24-11-12/h2-11H,1H3,(H,23,25,26). The fourth-order valence-electron chi connectivity index (χ4n) is 2.86. The summed E-state index contributed by atoms with van der Waals surface area (Å²) in [6.07, 6.45) is 3.32. The molecule has 2 heterocycles. The monoisotopic (exact) mass is 364 g/mol. The van der Waals surface area contributed by atoms with Gasteiger partial charge in [-0.05, 0) is 35.9 Å². The Balaban J connectivity index is 1.97. The highest BCUT2D eigenvalue weighted by Crippen LogP contribution is 2.34. The molecule has 0 unspecified atom stereocenters. The minimum atomic E-state index is -0.429. The SMILES string of the molecule is CNc1nc(-c2cccnc2)nc2c(F)cc(-c3ccccc3Cl)cc12. The molecule has 2 aromatic heterocycles. The Labute approximate surface area is 154 Å². The summed E-state index contributed by atoms with van der Waals surface area (Å²) in [7, 11) is 1.74. The van der Waals surface area contributed by atoms with Gasteiger partial charge in [0.2, 0.25) is 0 Å². The molecule has 0 aliphatic rings. The van der Waals surface area contributed by atoms with Gasteiger partial charge in [-0.25, -0.2) is 14.4 Å². The molecule has 0 aliphatic heterocycles. The molecule has 0 atom stereocenters. The molecule has 0 fully saturated rings. The summed E-state index contributed by atoms with van der Waals surface area (Å²) < 4.78 is 14.9. The van der Waals surface area contributed by atoms with Crippen LogP contribution in [0.2, 0.25) is 5.02 Å². The van der Waals surface area contributed by atoms with Gasteiger partial charge in [0.15, 0.2) is 5.82 Å². The molecule has 0 saturated carbocycles. The quantitative estimate of drug-likeness (QED) is 0.543. The van der Waals surface area contributed by atoms with Crippen molar-refractivity contribution in [3.05, 3.63) is 71.8 Å². The van der Waals surface area contributed by atoms with Crippen LogP contribution < -0.4 is 5.32 Å². The zero-order valence-electron chi connectivity index (χ0n) is 13.9. The lowest BCUT2D eigenvalue weighted by Crippen LogP contribution is -2.01. The van der Waals surface area contributed by atoms with Gasteiger partial charge in [-0.1, -0.05) is 29.8 Å². The van der Waals surface area contributed by atoms with Crippen molar-refractivity contribution in [2.45, 2.75) is 0 Å². The van der Waals surface area contributed by atoms with Crippen LogP contribution in [0.1, 0.15) is 0 Å². The minimum Gasteiger partial charge on any atom is -0.373 e. The number of nitrogens with zero attached hydrogens (tertiary/aromatic N) is 3. The van der Waals surface area contributed by atoms with Crippen LogP contribution in [0.25, 0.3) is 33.4 Å². The van der Waals surface area contributed by atoms with Crippen molar-refractivity contribution in [3.63, 3.8) is 0 Å². The summed E-state index contributed by atoms with van der Waals surface area (Å²) in [5, 5.41) is 4.18. The molecule has 0 spiro atoms. The van der Waals surface area contributed by atoms with Crippen LogP contribution >= 0.6 is 11.6 Å². The Morgan fingerprint density at radius 3 is 2.58 bits per heavy atom. The molecule has 0 aliphatic carbocycles. The molecular formula is C20H14ClFN4. The first-order valence-electron chi connectivity index (χ1n) is 8.01. The predicted octanol–water partition coefficient (Wildman–Crippen LogP) is 5.19. The van der Waals surface area contributed by atoms with Gasteiger partial charge in [0.25, 0.3) is 0 Å². The van der Waals surface area contributed by atoms with Crippen molar-refractivity contribution >= 4 is 28.3 Å². The first-order valence-corrected chi connectivity index (χ1v) is 8.39. The first kappa shape index (κ1) is 16.4. The van der Waals surface area contributed by atoms with E-state index < -0.39 is 5.82 Å². The normalized spacial score (nSPS) is 10.9. The second-order valence-corrected chi connectivity index (χ2v) is 6.13. The average molecular weight is 365 g/mol. The van der Waals surface area contributed by atoms with E-state index in [2.05, 4.69) is 20.3 Å². The van der Waals surface area contributed by atoms with E-state index in [0.717, 1.165) is 11.1 Å². The second-order valence-electron chi connectivity index (χ2n) is 5.72. The molecule has 0 amide bonds. The topological polar surface area (TPSA) is 50.7 Å². The smallest absolute Gasteiger partial charge is 0.163 e. The van der Waals surface area contributed by atoms with E-state index in [1.807, 2.05) is 30.3 Å². The third kappa shape index (κ3) is 2.86. The molecule has 2 aromatic carbocycles. The highest BCUT2D eigenvalue weighted by atomic mass is 35.5. The van der Waals surface area contributed by atoms with E-state index in [1.54, 1.807) is 31.6 Å². The number of aromatic nitrogens is 3. The zero-order valence-corrected chi connectivity index (χ0v) is 14.6. The lowest BCUT2D eigenvalue weighted by atomic mass is 10.0. The number of hydrogen-bond donors (Lipinski definition) is 1. The van der Waals surface area contributed by atoms with Gasteiger partial charge < -0.3 is 5.32 Å². The largest absolute Gasteiger partial charge is 0.373 e. The Kier molecular flexibility index (Phi) is 4.22. The molecule has 26 heavy (non-hydrogen) atoms. The molecule has 4 nitrogen and oxygen atoms in total. The summed E-state index contributed by atoms with van der Waals surface area (Å²) >= 11 is 6.26. The van der Waals surface area contributed by atoms with E-state index in [9.17, 15) is 4.39 Å². The van der Waals surface area contributed by atoms with Gasteiger partial charge >= 0.3 is 0 Å². The van der Waals surface area contributed by atoms with Crippen molar-refractivity contribution < 1.29 is 4.39 Å². The van der Waals surface area contributed by atoms with Crippen LogP contribution in [0.5, 0.6) is 0 Å². The fraction of sp³-hybridized carbons (Fsp3) is 0.0500. The van der Waals surface area contributed by atoms with Crippen LogP contribution in [0.3, 0.4) is 0 Å². The van der Waals surface area contributed by atoms with Crippen molar-refractivity contribution in [2.24, 2.45) is 0 Å². The lowest BCUT2D eigenvalue weighted by molar-refractivity contribution is 0.637. The zero-order chi connectivity index (χ0) is 18.1. The van der Waals surface area contributed by atoms with Crippen molar-refractivity contribution in [1.29, 1.82) is 0 Å². The Morgan fingerprint density at radius 2 is 1.85 bits per heavy atom. The molecule has 4 rings (SSSR count). The Morgan fingerprint density at radius 1 is 1.00 bits per heavy atom. The highest BCUT2D eigenvalue weighted by Gasteiger charge is 2.15. The maximum atomic E-state index is 14.9. The van der Waals surface area contributed by atoms with Crippen LogP contribution in [0.4, 0.5) is 10.2 Å². The van der Waals surface area contributed by atoms with Crippen LogP contribution in [0, 0.1) is 5.82 Å². The molecule has 0 radical (unpaired) electrons. The van der Waals surface area contributed by atoms with Gasteiger partial charge in [-0.15, -0.1) is 0 Å². The van der Waals surface area contributed by atoms with E-state index in [0.29, 0.717) is 27.6 Å². The van der Waals surface area contributed by atoms with Crippen LogP contribution in [0.15, 0.2) is 60.9 Å². The summed E-state index contributed by atoms with van der Waals surface area (Å²) in [4.78, 5) is 13.0. The van der Waals surface area contributed by atoms with Gasteiger partial charge in [0.05, 0.1) is 0 Å². The number of hydrogen-bond acceptors (Lipinski definition) is 4. The molecule has 1 N–H and O–H groups in total. The number of rotatable bonds is 3. The summed E-state index contributed by atoms with van der Waals surface area (Å²) in [6.45, 7) is 0. The maximum absolute atomic E-state index is 14.9. The fourth-order valence-corrected chi connectivity index (χ4v) is 3.10. The summed E-state index contributed by atoms with van der Waals surface area (Å²) in [5.74, 6) is 0.530. The van der Waals surface area contributed by atoms with Crippen molar-refractivity contribution in [1.82, 2.24) is 15.0 Å². The molecule has 0 bridgehead atoms. The average Bonchev–Trinajstić information content (AvgIpc) is 2.68. The summed E-state index contributed by atoms with van der Waals surface area (Å²) in [6, 6.07) is 14.3. The predicted molar refractivity (Wildman–Crippen MR) is 103 cm³/mol. The number of anilines is 1. The Hall–Kier alpha value is -3.05. The van der Waals surface area contributed by atoms with Gasteiger partial charge in [-0.2, -0.15) is 0 Å².